The van der Waals surface area contributed by atoms with Crippen LogP contribution in [0.25, 0.3) is 17.2 Å². The van der Waals surface area contributed by atoms with Gasteiger partial charge in [0, 0.05) is 25.2 Å². The van der Waals surface area contributed by atoms with Gasteiger partial charge >= 0.3 is 0 Å². The summed E-state index contributed by atoms with van der Waals surface area (Å²) in [6.07, 6.45) is 9.01. The molecule has 2 aromatic heterocycles. The third-order valence-corrected chi connectivity index (χ3v) is 5.67. The van der Waals surface area contributed by atoms with E-state index in [-0.39, 0.29) is 17.9 Å². The lowest BCUT2D eigenvalue weighted by Crippen LogP contribution is -2.37. The molecule has 30 heavy (non-hydrogen) atoms. The van der Waals surface area contributed by atoms with Crippen molar-refractivity contribution in [3.63, 3.8) is 0 Å². The first kappa shape index (κ1) is 18.5. The second-order valence-corrected chi connectivity index (χ2v) is 7.72. The number of hydrogen-bond acceptors (Lipinski definition) is 5. The molecule has 2 aliphatic rings. The fraction of sp³-hybridized carbons (Fsp3) is 0.304. The Labute approximate surface area is 173 Å². The summed E-state index contributed by atoms with van der Waals surface area (Å²) in [5.74, 6) is 1.14. The van der Waals surface area contributed by atoms with Crippen molar-refractivity contribution in [2.24, 2.45) is 0 Å². The molecule has 152 valence electrons. The SMILES string of the molecule is O=C1CCc2cc(/C=C/C(=O)N3CCCC[C@H]3c3nc4ccccc4o3)cnc2N1. The first-order valence-corrected chi connectivity index (χ1v) is 10.3. The quantitative estimate of drug-likeness (QED) is 0.672. The average molecular weight is 402 g/mol. The third-order valence-electron chi connectivity index (χ3n) is 5.67. The molecule has 1 aromatic carbocycles. The largest absolute Gasteiger partial charge is 0.438 e. The number of benzene rings is 1. The topological polar surface area (TPSA) is 88.3 Å². The standard InChI is InChI=1S/C23H22N4O3/c28-20-10-9-16-13-15(14-24-22(16)26-20)8-11-21(29)27-12-4-3-6-18(27)23-25-17-5-1-2-7-19(17)30-23/h1-2,5,7-8,11,13-14,18H,3-4,6,9-10,12H2,(H,24,26,28)/b11-8+/t18-/m0/s1. The molecule has 5 rings (SSSR count). The van der Waals surface area contributed by atoms with Gasteiger partial charge in [0.1, 0.15) is 17.4 Å². The Hall–Kier alpha value is -3.48. The molecule has 7 nitrogen and oxygen atoms in total. The summed E-state index contributed by atoms with van der Waals surface area (Å²) < 4.78 is 5.95. The highest BCUT2D eigenvalue weighted by Gasteiger charge is 2.30. The molecule has 0 aliphatic carbocycles. The zero-order valence-electron chi connectivity index (χ0n) is 16.5. The van der Waals surface area contributed by atoms with E-state index in [4.69, 9.17) is 4.42 Å². The van der Waals surface area contributed by atoms with Gasteiger partial charge in [-0.3, -0.25) is 9.59 Å². The molecule has 3 aromatic rings. The predicted octanol–water partition coefficient (Wildman–Crippen LogP) is 3.87. The van der Waals surface area contributed by atoms with Crippen molar-refractivity contribution >= 4 is 34.8 Å². The van der Waals surface area contributed by atoms with E-state index in [2.05, 4.69) is 15.3 Å². The lowest BCUT2D eigenvalue weighted by Gasteiger charge is -2.33. The van der Waals surface area contributed by atoms with Gasteiger partial charge < -0.3 is 14.6 Å². The Morgan fingerprint density at radius 1 is 1.23 bits per heavy atom. The number of para-hydroxylation sites is 2. The van der Waals surface area contributed by atoms with Crippen LogP contribution < -0.4 is 5.32 Å². The Morgan fingerprint density at radius 3 is 3.03 bits per heavy atom. The summed E-state index contributed by atoms with van der Waals surface area (Å²) in [4.78, 5) is 35.2. The van der Waals surface area contributed by atoms with Crippen molar-refractivity contribution in [2.45, 2.75) is 38.1 Å². The van der Waals surface area contributed by atoms with Crippen LogP contribution in [0.2, 0.25) is 0 Å². The second-order valence-electron chi connectivity index (χ2n) is 7.72. The van der Waals surface area contributed by atoms with Gasteiger partial charge in [0.25, 0.3) is 0 Å². The van der Waals surface area contributed by atoms with Gasteiger partial charge in [-0.1, -0.05) is 12.1 Å². The highest BCUT2D eigenvalue weighted by molar-refractivity contribution is 5.94. The van der Waals surface area contributed by atoms with E-state index < -0.39 is 0 Å². The number of hydrogen-bond donors (Lipinski definition) is 1. The average Bonchev–Trinajstić information content (AvgIpc) is 3.21. The van der Waals surface area contributed by atoms with Gasteiger partial charge in [-0.15, -0.1) is 0 Å². The summed E-state index contributed by atoms with van der Waals surface area (Å²) in [6, 6.07) is 9.48. The minimum absolute atomic E-state index is 0.0104. The fourth-order valence-corrected chi connectivity index (χ4v) is 4.11. The van der Waals surface area contributed by atoms with Crippen molar-refractivity contribution < 1.29 is 14.0 Å². The first-order valence-electron chi connectivity index (χ1n) is 10.3. The maximum atomic E-state index is 13.0. The van der Waals surface area contributed by atoms with Crippen molar-refractivity contribution in [1.82, 2.24) is 14.9 Å². The zero-order chi connectivity index (χ0) is 20.5. The van der Waals surface area contributed by atoms with Gasteiger partial charge in [0.05, 0.1) is 0 Å². The van der Waals surface area contributed by atoms with Crippen LogP contribution in [0, 0.1) is 0 Å². The Kier molecular flexibility index (Phi) is 4.78. The normalized spacial score (nSPS) is 19.1. The molecule has 2 amide bonds. The van der Waals surface area contributed by atoms with Gasteiger partial charge in [0.2, 0.25) is 17.7 Å². The van der Waals surface area contributed by atoms with Crippen LogP contribution in [0.15, 0.2) is 47.0 Å². The summed E-state index contributed by atoms with van der Waals surface area (Å²) in [7, 11) is 0. The Morgan fingerprint density at radius 2 is 2.13 bits per heavy atom. The minimum atomic E-state index is -0.153. The summed E-state index contributed by atoms with van der Waals surface area (Å²) in [5.41, 5.74) is 3.39. The van der Waals surface area contributed by atoms with Crippen LogP contribution in [0.1, 0.15) is 48.7 Å². The minimum Gasteiger partial charge on any atom is -0.438 e. The van der Waals surface area contributed by atoms with Crippen molar-refractivity contribution in [3.05, 3.63) is 59.6 Å². The van der Waals surface area contributed by atoms with E-state index in [0.717, 1.165) is 41.5 Å². The van der Waals surface area contributed by atoms with E-state index >= 15 is 0 Å². The van der Waals surface area contributed by atoms with Gasteiger partial charge in [0.15, 0.2) is 5.58 Å². The number of aromatic nitrogens is 2. The summed E-state index contributed by atoms with van der Waals surface area (Å²) >= 11 is 0. The first-order chi connectivity index (χ1) is 14.7. The zero-order valence-corrected chi connectivity index (χ0v) is 16.5. The van der Waals surface area contributed by atoms with E-state index in [1.807, 2.05) is 35.2 Å². The number of oxazole rings is 1. The number of piperidine rings is 1. The number of fused-ring (bicyclic) bond motifs is 2. The van der Waals surface area contributed by atoms with E-state index in [1.54, 1.807) is 18.3 Å². The lowest BCUT2D eigenvalue weighted by atomic mass is 10.0. The number of anilines is 1. The van der Waals surface area contributed by atoms with Crippen LogP contribution in [0.4, 0.5) is 5.82 Å². The monoisotopic (exact) mass is 402 g/mol. The molecule has 1 N–H and O–H groups in total. The van der Waals surface area contributed by atoms with Gasteiger partial charge in [-0.2, -0.15) is 0 Å². The number of carbonyl (C=O) groups is 2. The van der Waals surface area contributed by atoms with E-state index in [9.17, 15) is 9.59 Å². The van der Waals surface area contributed by atoms with Crippen molar-refractivity contribution in [3.8, 4) is 0 Å². The summed E-state index contributed by atoms with van der Waals surface area (Å²) in [6.45, 7) is 0.682. The number of likely N-dealkylation sites (tertiary alicyclic amines) is 1. The molecule has 1 fully saturated rings. The maximum absolute atomic E-state index is 13.0. The van der Waals surface area contributed by atoms with Gasteiger partial charge in [-0.05, 0) is 61.1 Å². The highest BCUT2D eigenvalue weighted by Crippen LogP contribution is 2.32. The molecule has 0 unspecified atom stereocenters. The number of nitrogens with zero attached hydrogens (tertiary/aromatic N) is 3. The van der Waals surface area contributed by atoms with Gasteiger partial charge in [-0.25, -0.2) is 9.97 Å². The fourth-order valence-electron chi connectivity index (χ4n) is 4.11. The molecule has 2 aliphatic heterocycles. The molecule has 1 saturated heterocycles. The van der Waals surface area contributed by atoms with Crippen LogP contribution >= 0.6 is 0 Å². The maximum Gasteiger partial charge on any atom is 0.247 e. The molecule has 0 bridgehead atoms. The number of pyridine rings is 1. The highest BCUT2D eigenvalue weighted by atomic mass is 16.3. The lowest BCUT2D eigenvalue weighted by molar-refractivity contribution is -0.130. The molecule has 4 heterocycles. The Bertz CT molecular complexity index is 1120. The molecule has 0 spiro atoms. The Balaban J connectivity index is 1.35. The van der Waals surface area contributed by atoms with Crippen molar-refractivity contribution in [2.75, 3.05) is 11.9 Å². The number of aryl methyl sites for hydroxylation is 1. The molecule has 0 radical (unpaired) electrons. The number of rotatable bonds is 3. The molecule has 1 atom stereocenters. The second kappa shape index (κ2) is 7.74. The molecule has 0 saturated carbocycles. The number of carbonyl (C=O) groups excluding carboxylic acids is 2. The molecular formula is C23H22N4O3. The number of amides is 2. The number of nitrogens with one attached hydrogen (secondary N) is 1. The van der Waals surface area contributed by atoms with E-state index in [1.165, 1.54) is 0 Å². The van der Waals surface area contributed by atoms with Crippen LogP contribution in [0.5, 0.6) is 0 Å². The van der Waals surface area contributed by atoms with Crippen LogP contribution in [-0.4, -0.2) is 33.2 Å². The molecular weight excluding hydrogens is 380 g/mol. The van der Waals surface area contributed by atoms with Crippen LogP contribution in [-0.2, 0) is 16.0 Å². The molecule has 7 heteroatoms. The summed E-state index contributed by atoms with van der Waals surface area (Å²) in [5, 5.41) is 2.77. The van der Waals surface area contributed by atoms with Crippen molar-refractivity contribution in [1.29, 1.82) is 0 Å². The third kappa shape index (κ3) is 3.58. The van der Waals surface area contributed by atoms with Crippen LogP contribution in [0.3, 0.4) is 0 Å². The van der Waals surface area contributed by atoms with E-state index in [0.29, 0.717) is 31.1 Å². The predicted molar refractivity (Wildman–Crippen MR) is 113 cm³/mol. The smallest absolute Gasteiger partial charge is 0.247 e.